The standard InChI is InChI=1S/C11H18N6/c1-16-7-11(13-8-16)10(15-12)4-3-9-5-14-17(2)6-9/h5-8,10,15H,3-4,12H2,1-2H3. The lowest BCUT2D eigenvalue weighted by molar-refractivity contribution is 0.506. The van der Waals surface area contributed by atoms with Gasteiger partial charge in [0.25, 0.3) is 0 Å². The SMILES string of the molecule is Cn1cnc(C(CCc2cnn(C)c2)NN)c1. The molecule has 1 atom stereocenters. The third kappa shape index (κ3) is 2.92. The Kier molecular flexibility index (Phi) is 3.55. The molecule has 0 fully saturated rings. The Balaban J connectivity index is 1.96. The Morgan fingerprint density at radius 1 is 1.41 bits per heavy atom. The van der Waals surface area contributed by atoms with E-state index in [1.807, 2.05) is 37.3 Å². The van der Waals surface area contributed by atoms with E-state index in [1.54, 1.807) is 11.0 Å². The highest BCUT2D eigenvalue weighted by Gasteiger charge is 2.12. The lowest BCUT2D eigenvalue weighted by atomic mass is 10.1. The van der Waals surface area contributed by atoms with Crippen LogP contribution < -0.4 is 11.3 Å². The molecule has 0 bridgehead atoms. The number of nitrogens with zero attached hydrogens (tertiary/aromatic N) is 4. The van der Waals surface area contributed by atoms with Crippen molar-refractivity contribution in [3.05, 3.63) is 36.2 Å². The average molecular weight is 234 g/mol. The Morgan fingerprint density at radius 3 is 2.76 bits per heavy atom. The van der Waals surface area contributed by atoms with E-state index in [2.05, 4.69) is 15.5 Å². The number of hydrogen-bond acceptors (Lipinski definition) is 4. The van der Waals surface area contributed by atoms with Crippen molar-refractivity contribution in [1.82, 2.24) is 24.8 Å². The van der Waals surface area contributed by atoms with E-state index in [-0.39, 0.29) is 6.04 Å². The van der Waals surface area contributed by atoms with Crippen molar-refractivity contribution < 1.29 is 0 Å². The van der Waals surface area contributed by atoms with Gasteiger partial charge in [0.2, 0.25) is 0 Å². The molecule has 0 spiro atoms. The summed E-state index contributed by atoms with van der Waals surface area (Å²) in [6, 6.07) is 0.0800. The zero-order chi connectivity index (χ0) is 12.3. The van der Waals surface area contributed by atoms with Gasteiger partial charge in [0.15, 0.2) is 0 Å². The zero-order valence-corrected chi connectivity index (χ0v) is 10.2. The monoisotopic (exact) mass is 234 g/mol. The van der Waals surface area contributed by atoms with Gasteiger partial charge in [-0.3, -0.25) is 16.0 Å². The summed E-state index contributed by atoms with van der Waals surface area (Å²) < 4.78 is 3.73. The largest absolute Gasteiger partial charge is 0.340 e. The summed E-state index contributed by atoms with van der Waals surface area (Å²) in [5.74, 6) is 5.56. The van der Waals surface area contributed by atoms with Crippen LogP contribution in [0, 0.1) is 0 Å². The van der Waals surface area contributed by atoms with Crippen LogP contribution in [0.1, 0.15) is 23.7 Å². The number of rotatable bonds is 5. The van der Waals surface area contributed by atoms with E-state index in [0.29, 0.717) is 0 Å². The molecule has 17 heavy (non-hydrogen) atoms. The first-order valence-corrected chi connectivity index (χ1v) is 5.60. The Labute approximate surface area is 100 Å². The van der Waals surface area contributed by atoms with Gasteiger partial charge in [0.05, 0.1) is 24.3 Å². The van der Waals surface area contributed by atoms with Gasteiger partial charge in [0, 0.05) is 26.5 Å². The minimum Gasteiger partial charge on any atom is -0.340 e. The number of aromatic nitrogens is 4. The number of nitrogens with two attached hydrogens (primary N) is 1. The zero-order valence-electron chi connectivity index (χ0n) is 10.2. The number of hydrogen-bond donors (Lipinski definition) is 2. The third-order valence-electron chi connectivity index (χ3n) is 2.76. The van der Waals surface area contributed by atoms with Crippen molar-refractivity contribution in [3.63, 3.8) is 0 Å². The molecule has 2 heterocycles. The molecule has 0 saturated heterocycles. The summed E-state index contributed by atoms with van der Waals surface area (Å²) in [6.45, 7) is 0. The van der Waals surface area contributed by atoms with Crippen molar-refractivity contribution >= 4 is 0 Å². The first-order valence-electron chi connectivity index (χ1n) is 5.60. The van der Waals surface area contributed by atoms with Crippen LogP contribution in [-0.4, -0.2) is 19.3 Å². The van der Waals surface area contributed by atoms with Gasteiger partial charge >= 0.3 is 0 Å². The maximum atomic E-state index is 5.56. The molecule has 0 aromatic carbocycles. The molecule has 6 nitrogen and oxygen atoms in total. The Morgan fingerprint density at radius 2 is 2.24 bits per heavy atom. The molecule has 2 rings (SSSR count). The molecule has 0 radical (unpaired) electrons. The highest BCUT2D eigenvalue weighted by molar-refractivity contribution is 5.08. The first-order chi connectivity index (χ1) is 8.19. The van der Waals surface area contributed by atoms with Crippen LogP contribution in [0.15, 0.2) is 24.9 Å². The van der Waals surface area contributed by atoms with E-state index >= 15 is 0 Å². The molecule has 2 aromatic rings. The number of hydrazine groups is 1. The van der Waals surface area contributed by atoms with Crippen LogP contribution in [-0.2, 0) is 20.5 Å². The number of nitrogens with one attached hydrogen (secondary N) is 1. The minimum atomic E-state index is 0.0800. The number of imidazole rings is 1. The van der Waals surface area contributed by atoms with Gasteiger partial charge < -0.3 is 4.57 Å². The van der Waals surface area contributed by atoms with Gasteiger partial charge in [0.1, 0.15) is 0 Å². The molecule has 92 valence electrons. The summed E-state index contributed by atoms with van der Waals surface area (Å²) in [5, 5.41) is 4.14. The summed E-state index contributed by atoms with van der Waals surface area (Å²) >= 11 is 0. The van der Waals surface area contributed by atoms with Crippen molar-refractivity contribution in [2.75, 3.05) is 0 Å². The van der Waals surface area contributed by atoms with Gasteiger partial charge in [-0.1, -0.05) is 0 Å². The fourth-order valence-corrected chi connectivity index (χ4v) is 1.84. The molecule has 1 unspecified atom stereocenters. The first kappa shape index (κ1) is 11.8. The molecule has 0 aliphatic heterocycles. The second-order valence-corrected chi connectivity index (χ2v) is 4.24. The van der Waals surface area contributed by atoms with Crippen LogP contribution in [0.5, 0.6) is 0 Å². The smallest absolute Gasteiger partial charge is 0.0947 e. The van der Waals surface area contributed by atoms with Crippen LogP contribution in [0.25, 0.3) is 0 Å². The van der Waals surface area contributed by atoms with Crippen LogP contribution >= 0.6 is 0 Å². The quantitative estimate of drug-likeness (QED) is 0.576. The van der Waals surface area contributed by atoms with Crippen LogP contribution in [0.4, 0.5) is 0 Å². The van der Waals surface area contributed by atoms with E-state index in [4.69, 9.17) is 5.84 Å². The maximum absolute atomic E-state index is 5.56. The molecule has 6 heteroatoms. The average Bonchev–Trinajstić information content (AvgIpc) is 2.89. The fourth-order valence-electron chi connectivity index (χ4n) is 1.84. The predicted octanol–water partition coefficient (Wildman–Crippen LogP) is 0.291. The lowest BCUT2D eigenvalue weighted by Gasteiger charge is -2.12. The van der Waals surface area contributed by atoms with Crippen LogP contribution in [0.2, 0.25) is 0 Å². The maximum Gasteiger partial charge on any atom is 0.0947 e. The molecule has 0 aliphatic carbocycles. The summed E-state index contributed by atoms with van der Waals surface area (Å²) in [4.78, 5) is 4.30. The molecule has 0 amide bonds. The van der Waals surface area contributed by atoms with E-state index < -0.39 is 0 Å². The topological polar surface area (TPSA) is 73.7 Å². The highest BCUT2D eigenvalue weighted by Crippen LogP contribution is 2.16. The summed E-state index contributed by atoms with van der Waals surface area (Å²) in [6.07, 6.45) is 9.49. The summed E-state index contributed by atoms with van der Waals surface area (Å²) in [7, 11) is 3.87. The lowest BCUT2D eigenvalue weighted by Crippen LogP contribution is -2.28. The second-order valence-electron chi connectivity index (χ2n) is 4.24. The highest BCUT2D eigenvalue weighted by atomic mass is 15.2. The van der Waals surface area contributed by atoms with Gasteiger partial charge in [-0.25, -0.2) is 4.98 Å². The van der Waals surface area contributed by atoms with Crippen molar-refractivity contribution in [3.8, 4) is 0 Å². The van der Waals surface area contributed by atoms with E-state index in [9.17, 15) is 0 Å². The molecular formula is C11H18N6. The molecule has 0 saturated carbocycles. The summed E-state index contributed by atoms with van der Waals surface area (Å²) in [5.41, 5.74) is 4.99. The second kappa shape index (κ2) is 5.11. The molecular weight excluding hydrogens is 216 g/mol. The third-order valence-corrected chi connectivity index (χ3v) is 2.76. The normalized spacial score (nSPS) is 12.9. The minimum absolute atomic E-state index is 0.0800. The molecule has 2 aromatic heterocycles. The van der Waals surface area contributed by atoms with Crippen molar-refractivity contribution in [2.45, 2.75) is 18.9 Å². The number of aryl methyl sites for hydroxylation is 3. The fraction of sp³-hybridized carbons (Fsp3) is 0.455. The molecule has 0 aliphatic rings. The van der Waals surface area contributed by atoms with E-state index in [1.165, 1.54) is 5.56 Å². The predicted molar refractivity (Wildman–Crippen MR) is 64.8 cm³/mol. The van der Waals surface area contributed by atoms with Crippen molar-refractivity contribution in [1.29, 1.82) is 0 Å². The Hall–Kier alpha value is -1.66. The van der Waals surface area contributed by atoms with Gasteiger partial charge in [-0.05, 0) is 18.4 Å². The van der Waals surface area contributed by atoms with Crippen molar-refractivity contribution in [2.24, 2.45) is 19.9 Å². The Bertz CT molecular complexity index is 472. The molecule has 3 N–H and O–H groups in total. The van der Waals surface area contributed by atoms with E-state index in [0.717, 1.165) is 18.5 Å². The van der Waals surface area contributed by atoms with Gasteiger partial charge in [-0.2, -0.15) is 5.10 Å². The van der Waals surface area contributed by atoms with Crippen LogP contribution in [0.3, 0.4) is 0 Å². The van der Waals surface area contributed by atoms with Gasteiger partial charge in [-0.15, -0.1) is 0 Å².